The third-order valence-corrected chi connectivity index (χ3v) is 3.23. The topological polar surface area (TPSA) is 46.2 Å². The Balaban J connectivity index is 1.95. The smallest absolute Gasteiger partial charge is 0.234 e. The van der Waals surface area contributed by atoms with Crippen LogP contribution in [-0.2, 0) is 9.59 Å². The van der Waals surface area contributed by atoms with Crippen molar-refractivity contribution in [1.82, 2.24) is 5.32 Å². The maximum Gasteiger partial charge on any atom is 0.234 e. The molecule has 0 radical (unpaired) electrons. The highest BCUT2D eigenvalue weighted by atomic mass is 19.1. The molecule has 0 aromatic heterocycles. The first-order valence-corrected chi connectivity index (χ1v) is 5.40. The van der Waals surface area contributed by atoms with Crippen LogP contribution >= 0.6 is 0 Å². The molecule has 16 heavy (non-hydrogen) atoms. The SMILES string of the molecule is CC(=O)C1(C(=O)NC2C=CC(F)=CC2)CC1. The number of rotatable bonds is 3. The third kappa shape index (κ3) is 1.92. The molecule has 2 aliphatic carbocycles. The molecule has 1 saturated carbocycles. The predicted molar refractivity (Wildman–Crippen MR) is 57.2 cm³/mol. The lowest BCUT2D eigenvalue weighted by Crippen LogP contribution is -2.41. The van der Waals surface area contributed by atoms with E-state index in [0.29, 0.717) is 19.3 Å². The lowest BCUT2D eigenvalue weighted by atomic mass is 9.99. The van der Waals surface area contributed by atoms with Crippen molar-refractivity contribution < 1.29 is 14.0 Å². The molecule has 1 atom stereocenters. The number of amides is 1. The van der Waals surface area contributed by atoms with Crippen LogP contribution < -0.4 is 5.32 Å². The molecule has 1 fully saturated rings. The van der Waals surface area contributed by atoms with Gasteiger partial charge in [0.05, 0.1) is 6.04 Å². The van der Waals surface area contributed by atoms with E-state index in [4.69, 9.17) is 0 Å². The summed E-state index contributed by atoms with van der Waals surface area (Å²) in [6, 6.07) is -0.191. The van der Waals surface area contributed by atoms with E-state index in [0.717, 1.165) is 0 Å². The van der Waals surface area contributed by atoms with Crippen LogP contribution in [-0.4, -0.2) is 17.7 Å². The summed E-state index contributed by atoms with van der Waals surface area (Å²) < 4.78 is 12.7. The van der Waals surface area contributed by atoms with Crippen molar-refractivity contribution >= 4 is 11.7 Å². The van der Waals surface area contributed by atoms with Gasteiger partial charge in [-0.2, -0.15) is 0 Å². The molecule has 0 aliphatic heterocycles. The number of hydrogen-bond donors (Lipinski definition) is 1. The zero-order chi connectivity index (χ0) is 11.8. The van der Waals surface area contributed by atoms with Gasteiger partial charge in [0, 0.05) is 0 Å². The Morgan fingerprint density at radius 2 is 2.19 bits per heavy atom. The Labute approximate surface area is 93.4 Å². The molecule has 1 N–H and O–H groups in total. The average molecular weight is 223 g/mol. The fraction of sp³-hybridized carbons (Fsp3) is 0.500. The van der Waals surface area contributed by atoms with Crippen molar-refractivity contribution in [3.63, 3.8) is 0 Å². The van der Waals surface area contributed by atoms with Gasteiger partial charge in [-0.25, -0.2) is 4.39 Å². The van der Waals surface area contributed by atoms with Crippen LogP contribution in [0.4, 0.5) is 4.39 Å². The van der Waals surface area contributed by atoms with E-state index in [9.17, 15) is 14.0 Å². The fourth-order valence-corrected chi connectivity index (χ4v) is 1.87. The number of carbonyl (C=O) groups is 2. The van der Waals surface area contributed by atoms with Gasteiger partial charge in [-0.3, -0.25) is 9.59 Å². The van der Waals surface area contributed by atoms with Crippen LogP contribution in [0.3, 0.4) is 0 Å². The van der Waals surface area contributed by atoms with Crippen molar-refractivity contribution in [1.29, 1.82) is 0 Å². The molecule has 1 amide bonds. The van der Waals surface area contributed by atoms with Gasteiger partial charge in [-0.15, -0.1) is 0 Å². The molecule has 4 heteroatoms. The number of ketones is 1. The summed E-state index contributed by atoms with van der Waals surface area (Å²) in [6.45, 7) is 1.45. The number of hydrogen-bond acceptors (Lipinski definition) is 2. The lowest BCUT2D eigenvalue weighted by molar-refractivity contribution is -0.135. The number of nitrogens with one attached hydrogen (secondary N) is 1. The maximum absolute atomic E-state index is 12.7. The van der Waals surface area contributed by atoms with E-state index >= 15 is 0 Å². The molecule has 2 aliphatic rings. The number of Topliss-reactive ketones (excluding diaryl/α,β-unsaturated/α-hetero) is 1. The van der Waals surface area contributed by atoms with Gasteiger partial charge in [-0.1, -0.05) is 6.08 Å². The van der Waals surface area contributed by atoms with E-state index in [1.807, 2.05) is 0 Å². The number of halogens is 1. The van der Waals surface area contributed by atoms with Gasteiger partial charge in [0.15, 0.2) is 0 Å². The molecule has 0 saturated heterocycles. The Hall–Kier alpha value is -1.45. The summed E-state index contributed by atoms with van der Waals surface area (Å²) in [5.74, 6) is -0.574. The number of allylic oxidation sites excluding steroid dienone is 2. The van der Waals surface area contributed by atoms with Crippen LogP contribution in [0.25, 0.3) is 0 Å². The Kier molecular flexibility index (Phi) is 2.66. The fourth-order valence-electron chi connectivity index (χ4n) is 1.87. The molecule has 86 valence electrons. The van der Waals surface area contributed by atoms with Crippen molar-refractivity contribution in [2.24, 2.45) is 5.41 Å². The van der Waals surface area contributed by atoms with Gasteiger partial charge < -0.3 is 5.32 Å². The molecule has 0 bridgehead atoms. The van der Waals surface area contributed by atoms with Crippen molar-refractivity contribution in [3.8, 4) is 0 Å². The van der Waals surface area contributed by atoms with Gasteiger partial charge in [-0.05, 0) is 38.3 Å². The minimum Gasteiger partial charge on any atom is -0.349 e. The molecule has 1 unspecified atom stereocenters. The summed E-state index contributed by atoms with van der Waals surface area (Å²) in [6.07, 6.45) is 6.09. The van der Waals surface area contributed by atoms with E-state index in [-0.39, 0.29) is 23.6 Å². The normalized spacial score (nSPS) is 25.9. The first-order chi connectivity index (χ1) is 7.54. The van der Waals surface area contributed by atoms with Gasteiger partial charge in [0.1, 0.15) is 17.0 Å². The third-order valence-electron chi connectivity index (χ3n) is 3.23. The summed E-state index contributed by atoms with van der Waals surface area (Å²) in [5, 5.41) is 2.77. The Morgan fingerprint density at radius 3 is 2.62 bits per heavy atom. The first kappa shape index (κ1) is 11.0. The Bertz CT molecular complexity index is 394. The first-order valence-electron chi connectivity index (χ1n) is 5.40. The van der Waals surface area contributed by atoms with E-state index < -0.39 is 5.41 Å². The zero-order valence-electron chi connectivity index (χ0n) is 9.13. The van der Waals surface area contributed by atoms with Crippen molar-refractivity contribution in [2.75, 3.05) is 0 Å². The van der Waals surface area contributed by atoms with E-state index in [1.54, 1.807) is 6.08 Å². The molecule has 3 nitrogen and oxygen atoms in total. The van der Waals surface area contributed by atoms with Crippen molar-refractivity contribution in [3.05, 3.63) is 24.1 Å². The lowest BCUT2D eigenvalue weighted by Gasteiger charge is -2.19. The molecule has 2 rings (SSSR count). The summed E-state index contributed by atoms with van der Waals surface area (Å²) in [5.41, 5.74) is -0.784. The molecule has 0 heterocycles. The maximum atomic E-state index is 12.7. The Morgan fingerprint density at radius 1 is 1.50 bits per heavy atom. The van der Waals surface area contributed by atoms with E-state index in [1.165, 1.54) is 19.1 Å². The van der Waals surface area contributed by atoms with Gasteiger partial charge in [0.25, 0.3) is 0 Å². The highest BCUT2D eigenvalue weighted by Crippen LogP contribution is 2.46. The average Bonchev–Trinajstić information content (AvgIpc) is 3.02. The molecule has 0 spiro atoms. The monoisotopic (exact) mass is 223 g/mol. The minimum absolute atomic E-state index is 0.0773. The summed E-state index contributed by atoms with van der Waals surface area (Å²) >= 11 is 0. The quantitative estimate of drug-likeness (QED) is 0.739. The van der Waals surface area contributed by atoms with Crippen LogP contribution in [0.2, 0.25) is 0 Å². The van der Waals surface area contributed by atoms with Gasteiger partial charge >= 0.3 is 0 Å². The van der Waals surface area contributed by atoms with Gasteiger partial charge in [0.2, 0.25) is 5.91 Å². The van der Waals surface area contributed by atoms with Crippen LogP contribution in [0.15, 0.2) is 24.1 Å². The number of carbonyl (C=O) groups excluding carboxylic acids is 2. The molecular formula is C12H14FNO2. The van der Waals surface area contributed by atoms with Crippen molar-refractivity contribution in [2.45, 2.75) is 32.2 Å². The van der Waals surface area contributed by atoms with Crippen LogP contribution in [0, 0.1) is 5.41 Å². The highest BCUT2D eigenvalue weighted by Gasteiger charge is 2.54. The van der Waals surface area contributed by atoms with E-state index in [2.05, 4.69) is 5.32 Å². The minimum atomic E-state index is -0.784. The highest BCUT2D eigenvalue weighted by molar-refractivity contribution is 6.07. The molecule has 0 aromatic carbocycles. The summed E-state index contributed by atoms with van der Waals surface area (Å²) in [4.78, 5) is 23.2. The molecular weight excluding hydrogens is 209 g/mol. The van der Waals surface area contributed by atoms with Crippen LogP contribution in [0.5, 0.6) is 0 Å². The second kappa shape index (κ2) is 3.85. The largest absolute Gasteiger partial charge is 0.349 e. The second-order valence-corrected chi connectivity index (χ2v) is 4.40. The summed E-state index contributed by atoms with van der Waals surface area (Å²) in [7, 11) is 0. The predicted octanol–water partition coefficient (Wildman–Crippen LogP) is 1.65. The standard InChI is InChI=1S/C12H14FNO2/c1-8(15)12(6-7-12)11(16)14-10-4-2-9(13)3-5-10/h2-4,10H,5-7H2,1H3,(H,14,16). The molecule has 0 aromatic rings. The van der Waals surface area contributed by atoms with Crippen LogP contribution in [0.1, 0.15) is 26.2 Å². The zero-order valence-corrected chi connectivity index (χ0v) is 9.13. The second-order valence-electron chi connectivity index (χ2n) is 4.40.